The van der Waals surface area contributed by atoms with Crippen molar-refractivity contribution in [2.24, 2.45) is 0 Å². The summed E-state index contributed by atoms with van der Waals surface area (Å²) >= 11 is 1.40. The van der Waals surface area contributed by atoms with E-state index in [1.807, 2.05) is 6.07 Å². The van der Waals surface area contributed by atoms with Crippen LogP contribution in [0.15, 0.2) is 18.5 Å². The molecule has 10 heteroatoms. The molecule has 4 rings (SSSR count). The van der Waals surface area contributed by atoms with Crippen molar-refractivity contribution in [2.75, 3.05) is 49.5 Å². The average Bonchev–Trinajstić information content (AvgIpc) is 3.35. The Balaban J connectivity index is 1.24. The number of carbonyl (C=O) groups excluding carboxylic acids is 1. The van der Waals surface area contributed by atoms with E-state index in [1.54, 1.807) is 12.4 Å². The van der Waals surface area contributed by atoms with Crippen LogP contribution in [0.5, 0.6) is 0 Å². The van der Waals surface area contributed by atoms with Gasteiger partial charge in [-0.05, 0) is 18.9 Å². The molecule has 0 aliphatic carbocycles. The Morgan fingerprint density at radius 3 is 2.77 bits per heavy atom. The Kier molecular flexibility index (Phi) is 5.32. The lowest BCUT2D eigenvalue weighted by atomic mass is 10.2. The summed E-state index contributed by atoms with van der Waals surface area (Å²) < 4.78 is 5.60. The molecular weight excluding hydrogens is 354 g/mol. The van der Waals surface area contributed by atoms with E-state index in [9.17, 15) is 4.79 Å². The van der Waals surface area contributed by atoms with Gasteiger partial charge in [-0.1, -0.05) is 11.3 Å². The molecule has 0 spiro atoms. The average molecular weight is 375 g/mol. The smallest absolute Gasteiger partial charge is 0.240 e. The summed E-state index contributed by atoms with van der Waals surface area (Å²) in [5.41, 5.74) is 0. The summed E-state index contributed by atoms with van der Waals surface area (Å²) in [5, 5.41) is 12.4. The largest absolute Gasteiger partial charge is 0.371 e. The third kappa shape index (κ3) is 4.14. The molecule has 4 heterocycles. The number of nitrogens with one attached hydrogen (secondary N) is 1. The van der Waals surface area contributed by atoms with Gasteiger partial charge in [-0.15, -0.1) is 10.2 Å². The molecule has 2 aliphatic rings. The Morgan fingerprint density at radius 2 is 2.04 bits per heavy atom. The highest BCUT2D eigenvalue weighted by Gasteiger charge is 2.23. The van der Waals surface area contributed by atoms with Gasteiger partial charge in [0.25, 0.3) is 0 Å². The number of ether oxygens (including phenoxy) is 1. The summed E-state index contributed by atoms with van der Waals surface area (Å²) in [6.07, 6.45) is 5.54. The summed E-state index contributed by atoms with van der Waals surface area (Å²) in [5.74, 6) is 0.677. The Hall–Kier alpha value is -2.17. The van der Waals surface area contributed by atoms with Crippen LogP contribution in [0.2, 0.25) is 0 Å². The Bertz CT molecular complexity index is 727. The van der Waals surface area contributed by atoms with E-state index >= 15 is 0 Å². The van der Waals surface area contributed by atoms with Gasteiger partial charge in [0.2, 0.25) is 17.0 Å². The van der Waals surface area contributed by atoms with E-state index in [1.165, 1.54) is 11.3 Å². The second-order valence-electron chi connectivity index (χ2n) is 6.31. The third-order valence-electron chi connectivity index (χ3n) is 4.47. The molecule has 0 saturated carbocycles. The second-order valence-corrected chi connectivity index (χ2v) is 7.32. The van der Waals surface area contributed by atoms with Gasteiger partial charge in [0.05, 0.1) is 6.54 Å². The van der Waals surface area contributed by atoms with Crippen molar-refractivity contribution >= 4 is 28.3 Å². The van der Waals surface area contributed by atoms with Crippen LogP contribution in [0.25, 0.3) is 0 Å². The number of anilines is 2. The molecular formula is C16H21N7O2S. The Morgan fingerprint density at radius 1 is 1.23 bits per heavy atom. The molecule has 2 aromatic rings. The van der Waals surface area contributed by atoms with E-state index < -0.39 is 0 Å². The number of hydrogen-bond acceptors (Lipinski definition) is 9. The number of piperazine rings is 1. The first-order valence-electron chi connectivity index (χ1n) is 8.77. The number of nitrogens with zero attached hydrogens (tertiary/aromatic N) is 6. The molecule has 138 valence electrons. The molecule has 0 aromatic carbocycles. The van der Waals surface area contributed by atoms with Crippen molar-refractivity contribution in [1.29, 1.82) is 0 Å². The first kappa shape index (κ1) is 17.3. The zero-order valence-corrected chi connectivity index (χ0v) is 15.2. The van der Waals surface area contributed by atoms with E-state index in [4.69, 9.17) is 4.74 Å². The number of amides is 1. The van der Waals surface area contributed by atoms with Crippen molar-refractivity contribution in [1.82, 2.24) is 25.1 Å². The van der Waals surface area contributed by atoms with Gasteiger partial charge in [-0.2, -0.15) is 0 Å². The van der Waals surface area contributed by atoms with Crippen LogP contribution >= 0.6 is 11.3 Å². The minimum absolute atomic E-state index is 0.0337. The van der Waals surface area contributed by atoms with Crippen LogP contribution in [0, 0.1) is 0 Å². The van der Waals surface area contributed by atoms with Crippen molar-refractivity contribution in [2.45, 2.75) is 18.9 Å². The van der Waals surface area contributed by atoms with E-state index in [0.717, 1.165) is 56.6 Å². The number of aromatic nitrogens is 4. The van der Waals surface area contributed by atoms with Gasteiger partial charge in [0, 0.05) is 45.2 Å². The van der Waals surface area contributed by atoms with Crippen molar-refractivity contribution in [3.05, 3.63) is 23.5 Å². The molecule has 26 heavy (non-hydrogen) atoms. The first-order chi connectivity index (χ1) is 12.8. The summed E-state index contributed by atoms with van der Waals surface area (Å²) in [7, 11) is 0. The van der Waals surface area contributed by atoms with E-state index in [2.05, 4.69) is 35.3 Å². The molecule has 1 N–H and O–H groups in total. The fourth-order valence-corrected chi connectivity index (χ4v) is 3.95. The standard InChI is InChI=1S/C16H21N7O2S/c24-13(19-16-21-20-14(26-16)12-3-1-10-25-12)11-22-6-8-23(9-7-22)15-17-4-2-5-18-15/h2,4-5,12H,1,3,6-11H2,(H,19,21,24)/t12-/m1/s1. The first-order valence-corrected chi connectivity index (χ1v) is 9.59. The second kappa shape index (κ2) is 8.02. The van der Waals surface area contributed by atoms with Crippen molar-refractivity contribution in [3.63, 3.8) is 0 Å². The molecule has 1 amide bonds. The molecule has 0 unspecified atom stereocenters. The number of carbonyl (C=O) groups is 1. The van der Waals surface area contributed by atoms with Crippen LogP contribution in [-0.4, -0.2) is 70.3 Å². The maximum atomic E-state index is 12.3. The third-order valence-corrected chi connectivity index (χ3v) is 5.40. The fourth-order valence-electron chi connectivity index (χ4n) is 3.11. The predicted octanol–water partition coefficient (Wildman–Crippen LogP) is 0.940. The zero-order valence-electron chi connectivity index (χ0n) is 14.4. The molecule has 2 aromatic heterocycles. The fraction of sp³-hybridized carbons (Fsp3) is 0.562. The van der Waals surface area contributed by atoms with Gasteiger partial charge in [0.15, 0.2) is 0 Å². The lowest BCUT2D eigenvalue weighted by molar-refractivity contribution is -0.117. The highest BCUT2D eigenvalue weighted by Crippen LogP contribution is 2.31. The normalized spacial score (nSPS) is 21.1. The van der Waals surface area contributed by atoms with E-state index in [-0.39, 0.29) is 12.0 Å². The SMILES string of the molecule is O=C(CN1CCN(c2ncccn2)CC1)Nc1nnc([C@H]2CCCO2)s1. The minimum atomic E-state index is -0.0653. The van der Waals surface area contributed by atoms with Gasteiger partial charge < -0.3 is 9.64 Å². The van der Waals surface area contributed by atoms with Crippen LogP contribution in [0.3, 0.4) is 0 Å². The minimum Gasteiger partial charge on any atom is -0.371 e. The number of hydrogen-bond donors (Lipinski definition) is 1. The predicted molar refractivity (Wildman–Crippen MR) is 97.2 cm³/mol. The van der Waals surface area contributed by atoms with Crippen LogP contribution < -0.4 is 10.2 Å². The maximum Gasteiger partial charge on any atom is 0.240 e. The maximum absolute atomic E-state index is 12.3. The van der Waals surface area contributed by atoms with Crippen LogP contribution in [0.4, 0.5) is 11.1 Å². The van der Waals surface area contributed by atoms with Crippen LogP contribution in [0.1, 0.15) is 24.0 Å². The van der Waals surface area contributed by atoms with Crippen molar-refractivity contribution in [3.8, 4) is 0 Å². The topological polar surface area (TPSA) is 96.4 Å². The van der Waals surface area contributed by atoms with Gasteiger partial charge in [-0.3, -0.25) is 15.0 Å². The molecule has 0 bridgehead atoms. The molecule has 1 atom stereocenters. The lowest BCUT2D eigenvalue weighted by Gasteiger charge is -2.34. The summed E-state index contributed by atoms with van der Waals surface area (Å²) in [6.45, 7) is 4.31. The molecule has 2 fully saturated rings. The Labute approximate surface area is 155 Å². The van der Waals surface area contributed by atoms with Gasteiger partial charge in [0.1, 0.15) is 11.1 Å². The summed E-state index contributed by atoms with van der Waals surface area (Å²) in [4.78, 5) is 25.1. The molecule has 2 saturated heterocycles. The zero-order chi connectivity index (χ0) is 17.8. The summed E-state index contributed by atoms with van der Waals surface area (Å²) in [6, 6.07) is 1.81. The van der Waals surface area contributed by atoms with E-state index in [0.29, 0.717) is 11.7 Å². The lowest BCUT2D eigenvalue weighted by Crippen LogP contribution is -2.49. The highest BCUT2D eigenvalue weighted by molar-refractivity contribution is 7.15. The quantitative estimate of drug-likeness (QED) is 0.825. The molecule has 2 aliphatic heterocycles. The molecule has 9 nitrogen and oxygen atoms in total. The highest BCUT2D eigenvalue weighted by atomic mass is 32.1. The van der Waals surface area contributed by atoms with Crippen molar-refractivity contribution < 1.29 is 9.53 Å². The molecule has 0 radical (unpaired) electrons. The van der Waals surface area contributed by atoms with Crippen LogP contribution in [-0.2, 0) is 9.53 Å². The van der Waals surface area contributed by atoms with Gasteiger partial charge >= 0.3 is 0 Å². The van der Waals surface area contributed by atoms with Gasteiger partial charge in [-0.25, -0.2) is 9.97 Å². The monoisotopic (exact) mass is 375 g/mol. The number of rotatable bonds is 5.